The van der Waals surface area contributed by atoms with Crippen molar-refractivity contribution in [2.45, 2.75) is 12.5 Å². The number of aliphatic hydroxyl groups is 2. The van der Waals surface area contributed by atoms with Gasteiger partial charge in [0.1, 0.15) is 5.75 Å². The predicted molar refractivity (Wildman–Crippen MR) is 44.8 cm³/mol. The van der Waals surface area contributed by atoms with E-state index in [1.807, 2.05) is 0 Å². The first kappa shape index (κ1) is 9.03. The van der Waals surface area contributed by atoms with Crippen molar-refractivity contribution in [3.05, 3.63) is 29.8 Å². The molecule has 0 aliphatic carbocycles. The van der Waals surface area contributed by atoms with E-state index >= 15 is 0 Å². The first-order valence-corrected chi connectivity index (χ1v) is 3.82. The molecule has 1 aromatic carbocycles. The summed E-state index contributed by atoms with van der Waals surface area (Å²) in [5, 5.41) is 27.0. The SMILES string of the molecule is OCCC(O)c1cccc(O)c1. The van der Waals surface area contributed by atoms with Gasteiger partial charge in [0.25, 0.3) is 0 Å². The van der Waals surface area contributed by atoms with Gasteiger partial charge >= 0.3 is 0 Å². The summed E-state index contributed by atoms with van der Waals surface area (Å²) in [6, 6.07) is 6.39. The number of phenols is 1. The third-order valence-corrected chi connectivity index (χ3v) is 1.66. The molecule has 1 atom stereocenters. The average Bonchev–Trinajstić information content (AvgIpc) is 2.05. The summed E-state index contributed by atoms with van der Waals surface area (Å²) in [5.74, 6) is 0.129. The van der Waals surface area contributed by atoms with Gasteiger partial charge in [-0.3, -0.25) is 0 Å². The lowest BCUT2D eigenvalue weighted by molar-refractivity contribution is 0.134. The molecule has 0 radical (unpaired) electrons. The molecule has 0 aliphatic rings. The largest absolute Gasteiger partial charge is 0.508 e. The maximum atomic E-state index is 9.37. The van der Waals surface area contributed by atoms with Crippen LogP contribution in [0.3, 0.4) is 0 Å². The molecule has 0 fully saturated rings. The Morgan fingerprint density at radius 1 is 1.33 bits per heavy atom. The molecular formula is C9H12O3. The molecule has 12 heavy (non-hydrogen) atoms. The van der Waals surface area contributed by atoms with Crippen LogP contribution in [0.5, 0.6) is 5.75 Å². The van der Waals surface area contributed by atoms with Gasteiger partial charge in [0.2, 0.25) is 0 Å². The highest BCUT2D eigenvalue weighted by atomic mass is 16.3. The Morgan fingerprint density at radius 3 is 2.67 bits per heavy atom. The summed E-state index contributed by atoms with van der Waals surface area (Å²) in [5.41, 5.74) is 0.629. The van der Waals surface area contributed by atoms with Gasteiger partial charge in [-0.1, -0.05) is 12.1 Å². The Morgan fingerprint density at radius 2 is 2.08 bits per heavy atom. The molecule has 0 saturated heterocycles. The number of hydrogen-bond donors (Lipinski definition) is 3. The van der Waals surface area contributed by atoms with Crippen molar-refractivity contribution in [1.82, 2.24) is 0 Å². The number of aliphatic hydroxyl groups excluding tert-OH is 2. The van der Waals surface area contributed by atoms with E-state index in [2.05, 4.69) is 0 Å². The van der Waals surface area contributed by atoms with Gasteiger partial charge in [-0.25, -0.2) is 0 Å². The van der Waals surface area contributed by atoms with Crippen molar-refractivity contribution in [2.75, 3.05) is 6.61 Å². The number of rotatable bonds is 3. The first-order chi connectivity index (χ1) is 5.74. The lowest BCUT2D eigenvalue weighted by Crippen LogP contribution is -1.99. The minimum Gasteiger partial charge on any atom is -0.508 e. The van der Waals surface area contributed by atoms with E-state index in [0.29, 0.717) is 12.0 Å². The van der Waals surface area contributed by atoms with Gasteiger partial charge in [0.15, 0.2) is 0 Å². The number of phenolic OH excluding ortho intramolecular Hbond substituents is 1. The lowest BCUT2D eigenvalue weighted by Gasteiger charge is -2.08. The van der Waals surface area contributed by atoms with Gasteiger partial charge in [-0.15, -0.1) is 0 Å². The van der Waals surface area contributed by atoms with Crippen LogP contribution in [-0.2, 0) is 0 Å². The van der Waals surface area contributed by atoms with Crippen LogP contribution < -0.4 is 0 Å². The van der Waals surface area contributed by atoms with Crippen LogP contribution in [0.1, 0.15) is 18.1 Å². The molecule has 3 heteroatoms. The Labute approximate surface area is 70.9 Å². The van der Waals surface area contributed by atoms with E-state index in [-0.39, 0.29) is 12.4 Å². The third-order valence-electron chi connectivity index (χ3n) is 1.66. The van der Waals surface area contributed by atoms with E-state index in [1.165, 1.54) is 12.1 Å². The normalized spacial score (nSPS) is 12.8. The number of hydrogen-bond acceptors (Lipinski definition) is 3. The highest BCUT2D eigenvalue weighted by Gasteiger charge is 2.06. The molecule has 0 amide bonds. The summed E-state index contributed by atoms with van der Waals surface area (Å²) in [6.07, 6.45) is -0.397. The molecule has 1 unspecified atom stereocenters. The minimum absolute atomic E-state index is 0.0587. The van der Waals surface area contributed by atoms with Crippen LogP contribution in [-0.4, -0.2) is 21.9 Å². The number of aromatic hydroxyl groups is 1. The fourth-order valence-corrected chi connectivity index (χ4v) is 1.02. The van der Waals surface area contributed by atoms with Crippen LogP contribution in [0.4, 0.5) is 0 Å². The average molecular weight is 168 g/mol. The maximum Gasteiger partial charge on any atom is 0.115 e. The van der Waals surface area contributed by atoms with Gasteiger partial charge in [-0.05, 0) is 17.7 Å². The van der Waals surface area contributed by atoms with Crippen LogP contribution in [0.2, 0.25) is 0 Å². The van der Waals surface area contributed by atoms with Crippen molar-refractivity contribution in [1.29, 1.82) is 0 Å². The van der Waals surface area contributed by atoms with Gasteiger partial charge in [0, 0.05) is 13.0 Å². The van der Waals surface area contributed by atoms with Gasteiger partial charge in [0.05, 0.1) is 6.10 Å². The Balaban J connectivity index is 2.73. The van der Waals surface area contributed by atoms with Gasteiger partial charge < -0.3 is 15.3 Å². The van der Waals surface area contributed by atoms with Crippen molar-refractivity contribution in [3.63, 3.8) is 0 Å². The van der Waals surface area contributed by atoms with E-state index in [9.17, 15) is 5.11 Å². The Hall–Kier alpha value is -1.06. The minimum atomic E-state index is -0.693. The lowest BCUT2D eigenvalue weighted by atomic mass is 10.1. The van der Waals surface area contributed by atoms with E-state index in [4.69, 9.17) is 10.2 Å². The van der Waals surface area contributed by atoms with Crippen LogP contribution in [0.25, 0.3) is 0 Å². The highest BCUT2D eigenvalue weighted by Crippen LogP contribution is 2.19. The zero-order chi connectivity index (χ0) is 8.97. The molecule has 0 bridgehead atoms. The predicted octanol–water partition coefficient (Wildman–Crippen LogP) is 0.808. The smallest absolute Gasteiger partial charge is 0.115 e. The van der Waals surface area contributed by atoms with Crippen LogP contribution >= 0.6 is 0 Å². The zero-order valence-corrected chi connectivity index (χ0v) is 6.64. The standard InChI is InChI=1S/C9H12O3/c10-5-4-9(12)7-2-1-3-8(11)6-7/h1-3,6,9-12H,4-5H2. The highest BCUT2D eigenvalue weighted by molar-refractivity contribution is 5.28. The van der Waals surface area contributed by atoms with Crippen molar-refractivity contribution in [2.24, 2.45) is 0 Å². The zero-order valence-electron chi connectivity index (χ0n) is 6.64. The van der Waals surface area contributed by atoms with Crippen molar-refractivity contribution < 1.29 is 15.3 Å². The fraction of sp³-hybridized carbons (Fsp3) is 0.333. The Bertz CT molecular complexity index is 247. The van der Waals surface area contributed by atoms with E-state index < -0.39 is 6.10 Å². The monoisotopic (exact) mass is 168 g/mol. The molecule has 0 aromatic heterocycles. The molecule has 0 saturated carbocycles. The maximum absolute atomic E-state index is 9.37. The van der Waals surface area contributed by atoms with E-state index in [0.717, 1.165) is 0 Å². The summed E-state index contributed by atoms with van der Waals surface area (Å²) >= 11 is 0. The third kappa shape index (κ3) is 2.22. The van der Waals surface area contributed by atoms with E-state index in [1.54, 1.807) is 12.1 Å². The van der Waals surface area contributed by atoms with Crippen LogP contribution in [0.15, 0.2) is 24.3 Å². The molecule has 0 spiro atoms. The summed E-state index contributed by atoms with van der Waals surface area (Å²) in [6.45, 7) is -0.0587. The first-order valence-electron chi connectivity index (χ1n) is 3.82. The second-order valence-corrected chi connectivity index (χ2v) is 2.62. The summed E-state index contributed by atoms with van der Waals surface area (Å²) in [7, 11) is 0. The summed E-state index contributed by atoms with van der Waals surface area (Å²) < 4.78 is 0. The quantitative estimate of drug-likeness (QED) is 0.625. The molecule has 66 valence electrons. The van der Waals surface area contributed by atoms with Crippen molar-refractivity contribution >= 4 is 0 Å². The van der Waals surface area contributed by atoms with Crippen LogP contribution in [0, 0.1) is 0 Å². The molecule has 0 heterocycles. The fourth-order valence-electron chi connectivity index (χ4n) is 1.02. The molecular weight excluding hydrogens is 156 g/mol. The molecule has 1 rings (SSSR count). The topological polar surface area (TPSA) is 60.7 Å². The molecule has 0 aliphatic heterocycles. The second-order valence-electron chi connectivity index (χ2n) is 2.62. The molecule has 1 aromatic rings. The molecule has 3 nitrogen and oxygen atoms in total. The second kappa shape index (κ2) is 4.09. The van der Waals surface area contributed by atoms with Crippen molar-refractivity contribution in [3.8, 4) is 5.75 Å². The molecule has 3 N–H and O–H groups in total. The number of benzene rings is 1. The summed E-state index contributed by atoms with van der Waals surface area (Å²) in [4.78, 5) is 0. The Kier molecular flexibility index (Phi) is 3.08. The van der Waals surface area contributed by atoms with Gasteiger partial charge in [-0.2, -0.15) is 0 Å².